The first kappa shape index (κ1) is 12.0. The minimum absolute atomic E-state index is 0.339. The van der Waals surface area contributed by atoms with Gasteiger partial charge in [-0.15, -0.1) is 0 Å². The molecule has 4 fully saturated rings. The van der Waals surface area contributed by atoms with Crippen LogP contribution in [0.2, 0.25) is 0 Å². The Morgan fingerprint density at radius 3 is 2.06 bits per heavy atom. The zero-order chi connectivity index (χ0) is 11.9. The average Bonchev–Trinajstić information content (AvgIpc) is 2.23. The quantitative estimate of drug-likeness (QED) is 0.794. The summed E-state index contributed by atoms with van der Waals surface area (Å²) < 4.78 is 0. The summed E-state index contributed by atoms with van der Waals surface area (Å²) in [6, 6.07) is 0. The Hall–Kier alpha value is -0.0800. The minimum Gasteiger partial charge on any atom is -0.396 e. The number of hydrogen-bond acceptors (Lipinski definition) is 2. The molecule has 98 valence electrons. The lowest BCUT2D eigenvalue weighted by Crippen LogP contribution is -2.50. The smallest absolute Gasteiger partial charge is 0.0443 e. The number of nitrogens with zero attached hydrogens (tertiary/aromatic N) is 1. The van der Waals surface area contributed by atoms with E-state index in [-0.39, 0.29) is 0 Å². The molecule has 0 radical (unpaired) electrons. The molecule has 0 unspecified atom stereocenters. The number of hydrogen-bond donors (Lipinski definition) is 1. The van der Waals surface area contributed by atoms with Crippen LogP contribution in [0, 0.1) is 23.2 Å². The number of aliphatic hydroxyl groups is 1. The van der Waals surface area contributed by atoms with Crippen molar-refractivity contribution in [1.29, 1.82) is 0 Å². The molecule has 4 saturated carbocycles. The molecule has 0 heterocycles. The molecular weight excluding hydrogens is 210 g/mol. The Morgan fingerprint density at radius 2 is 1.59 bits per heavy atom. The van der Waals surface area contributed by atoms with Gasteiger partial charge in [0.05, 0.1) is 0 Å². The summed E-state index contributed by atoms with van der Waals surface area (Å²) in [5, 5.41) is 8.92. The van der Waals surface area contributed by atoms with Crippen molar-refractivity contribution in [3.8, 4) is 0 Å². The van der Waals surface area contributed by atoms with E-state index < -0.39 is 0 Å². The summed E-state index contributed by atoms with van der Waals surface area (Å²) in [6.45, 7) is 2.69. The van der Waals surface area contributed by atoms with Gasteiger partial charge in [-0.2, -0.15) is 0 Å². The molecule has 0 atom stereocenters. The third-order valence-electron chi connectivity index (χ3n) is 5.47. The molecule has 1 N–H and O–H groups in total. The average molecular weight is 237 g/mol. The third-order valence-corrected chi connectivity index (χ3v) is 5.47. The van der Waals surface area contributed by atoms with E-state index in [1.165, 1.54) is 25.8 Å². The van der Waals surface area contributed by atoms with Gasteiger partial charge in [-0.05, 0) is 75.2 Å². The molecule has 0 aromatic carbocycles. The van der Waals surface area contributed by atoms with E-state index in [0.29, 0.717) is 12.0 Å². The van der Waals surface area contributed by atoms with Crippen molar-refractivity contribution in [1.82, 2.24) is 4.90 Å². The molecule has 17 heavy (non-hydrogen) atoms. The first-order valence-electron chi connectivity index (χ1n) is 7.48. The summed E-state index contributed by atoms with van der Waals surface area (Å²) in [4.78, 5) is 2.48. The molecule has 0 saturated heterocycles. The van der Waals surface area contributed by atoms with Gasteiger partial charge in [0, 0.05) is 19.7 Å². The van der Waals surface area contributed by atoms with Crippen LogP contribution >= 0.6 is 0 Å². The van der Waals surface area contributed by atoms with Gasteiger partial charge in [-0.1, -0.05) is 0 Å². The predicted octanol–water partition coefficient (Wildman–Crippen LogP) is 2.52. The Bertz CT molecular complexity index is 241. The largest absolute Gasteiger partial charge is 0.396 e. The van der Waals surface area contributed by atoms with E-state index in [2.05, 4.69) is 11.9 Å². The van der Waals surface area contributed by atoms with E-state index >= 15 is 0 Å². The summed E-state index contributed by atoms with van der Waals surface area (Å²) >= 11 is 0. The number of aliphatic hydroxyl groups excluding tert-OH is 1. The summed E-state index contributed by atoms with van der Waals surface area (Å²) in [6.07, 6.45) is 10.1. The second-order valence-corrected chi connectivity index (χ2v) is 7.23. The van der Waals surface area contributed by atoms with Gasteiger partial charge in [0.2, 0.25) is 0 Å². The van der Waals surface area contributed by atoms with E-state index in [9.17, 15) is 0 Å². The highest BCUT2D eigenvalue weighted by molar-refractivity contribution is 5.02. The second-order valence-electron chi connectivity index (χ2n) is 7.23. The number of rotatable bonds is 5. The van der Waals surface area contributed by atoms with Gasteiger partial charge in [0.15, 0.2) is 0 Å². The lowest BCUT2D eigenvalue weighted by Gasteiger charge is -2.57. The zero-order valence-electron chi connectivity index (χ0n) is 11.2. The Morgan fingerprint density at radius 1 is 1.06 bits per heavy atom. The fraction of sp³-hybridized carbons (Fsp3) is 1.00. The predicted molar refractivity (Wildman–Crippen MR) is 69.8 cm³/mol. The topological polar surface area (TPSA) is 23.5 Å². The van der Waals surface area contributed by atoms with Gasteiger partial charge < -0.3 is 10.0 Å². The maximum absolute atomic E-state index is 8.92. The third kappa shape index (κ3) is 2.39. The van der Waals surface area contributed by atoms with Crippen molar-refractivity contribution in [3.63, 3.8) is 0 Å². The lowest BCUT2D eigenvalue weighted by atomic mass is 9.49. The van der Waals surface area contributed by atoms with Crippen LogP contribution in [0.3, 0.4) is 0 Å². The normalized spacial score (nSPS) is 43.6. The van der Waals surface area contributed by atoms with Crippen LogP contribution in [-0.4, -0.2) is 36.8 Å². The van der Waals surface area contributed by atoms with E-state index in [4.69, 9.17) is 5.11 Å². The van der Waals surface area contributed by atoms with Crippen LogP contribution in [-0.2, 0) is 0 Å². The summed E-state index contributed by atoms with van der Waals surface area (Å²) in [5.74, 6) is 3.19. The highest BCUT2D eigenvalue weighted by atomic mass is 16.3. The molecule has 2 heteroatoms. The van der Waals surface area contributed by atoms with Crippen LogP contribution in [0.5, 0.6) is 0 Å². The highest BCUT2D eigenvalue weighted by Crippen LogP contribution is 2.60. The van der Waals surface area contributed by atoms with Gasteiger partial charge in [-0.3, -0.25) is 0 Å². The van der Waals surface area contributed by atoms with Crippen LogP contribution in [0.4, 0.5) is 0 Å². The lowest BCUT2D eigenvalue weighted by molar-refractivity contribution is -0.0664. The first-order valence-corrected chi connectivity index (χ1v) is 7.48. The molecule has 0 spiro atoms. The van der Waals surface area contributed by atoms with Crippen molar-refractivity contribution in [3.05, 3.63) is 0 Å². The van der Waals surface area contributed by atoms with Crippen molar-refractivity contribution in [2.45, 2.75) is 44.9 Å². The van der Waals surface area contributed by atoms with Gasteiger partial charge in [0.25, 0.3) is 0 Å². The van der Waals surface area contributed by atoms with Crippen LogP contribution in [0.25, 0.3) is 0 Å². The van der Waals surface area contributed by atoms with Gasteiger partial charge in [0.1, 0.15) is 0 Å². The Labute approximate surface area is 105 Å². The summed E-state index contributed by atoms with van der Waals surface area (Å²) in [7, 11) is 2.24. The molecule has 0 aromatic heterocycles. The molecule has 0 aromatic rings. The maximum Gasteiger partial charge on any atom is 0.0443 e. The Kier molecular flexibility index (Phi) is 3.20. The van der Waals surface area contributed by atoms with Crippen molar-refractivity contribution < 1.29 is 5.11 Å². The van der Waals surface area contributed by atoms with Gasteiger partial charge in [-0.25, -0.2) is 0 Å². The summed E-state index contributed by atoms with van der Waals surface area (Å²) in [5.41, 5.74) is 0.666. The standard InChI is InChI=1S/C15H27NO/c1-16(3-2-4-17)11-15-8-12-5-13(9-15)7-14(6-12)10-15/h12-14,17H,2-11H2,1H3. The van der Waals surface area contributed by atoms with Crippen LogP contribution in [0.15, 0.2) is 0 Å². The fourth-order valence-electron chi connectivity index (χ4n) is 5.48. The van der Waals surface area contributed by atoms with E-state index in [1.54, 1.807) is 19.3 Å². The van der Waals surface area contributed by atoms with Crippen LogP contribution in [0.1, 0.15) is 44.9 Å². The molecule has 4 aliphatic carbocycles. The minimum atomic E-state index is 0.339. The molecule has 4 bridgehead atoms. The first-order chi connectivity index (χ1) is 8.19. The second kappa shape index (κ2) is 4.55. The molecule has 4 rings (SSSR count). The highest BCUT2D eigenvalue weighted by Gasteiger charge is 2.50. The molecular formula is C15H27NO. The zero-order valence-corrected chi connectivity index (χ0v) is 11.2. The van der Waals surface area contributed by atoms with Crippen molar-refractivity contribution in [2.75, 3.05) is 26.7 Å². The van der Waals surface area contributed by atoms with Crippen molar-refractivity contribution in [2.24, 2.45) is 23.2 Å². The fourth-order valence-corrected chi connectivity index (χ4v) is 5.48. The maximum atomic E-state index is 8.92. The molecule has 0 aliphatic heterocycles. The molecule has 2 nitrogen and oxygen atoms in total. The molecule has 0 amide bonds. The van der Waals surface area contributed by atoms with E-state index in [0.717, 1.165) is 30.7 Å². The van der Waals surface area contributed by atoms with Crippen LogP contribution < -0.4 is 0 Å². The monoisotopic (exact) mass is 237 g/mol. The van der Waals surface area contributed by atoms with Gasteiger partial charge >= 0.3 is 0 Å². The SMILES string of the molecule is CN(CCCO)CC12CC3CC(CC(C3)C1)C2. The molecule has 4 aliphatic rings. The van der Waals surface area contributed by atoms with Crippen molar-refractivity contribution >= 4 is 0 Å². The Balaban J connectivity index is 1.62. The van der Waals surface area contributed by atoms with E-state index in [1.807, 2.05) is 0 Å².